The van der Waals surface area contributed by atoms with E-state index in [1.807, 2.05) is 0 Å². The molecular weight excluding hydrogens is 248 g/mol. The molecule has 1 saturated heterocycles. The molecule has 0 aromatic rings. The molecule has 0 bridgehead atoms. The molecule has 2 aliphatic carbocycles. The van der Waals surface area contributed by atoms with Crippen molar-refractivity contribution < 1.29 is 9.53 Å². The summed E-state index contributed by atoms with van der Waals surface area (Å²) in [5, 5.41) is 0. The second-order valence-corrected chi connectivity index (χ2v) is 7.46. The molecule has 1 heterocycles. The molecule has 2 saturated carbocycles. The average molecular weight is 278 g/mol. The summed E-state index contributed by atoms with van der Waals surface area (Å²) in [6.45, 7) is 0.821. The highest BCUT2D eigenvalue weighted by Gasteiger charge is 2.40. The maximum atomic E-state index is 12.6. The topological polar surface area (TPSA) is 26.3 Å². The quantitative estimate of drug-likeness (QED) is 0.750. The summed E-state index contributed by atoms with van der Waals surface area (Å²) in [4.78, 5) is 12.6. The predicted octanol–water partition coefficient (Wildman–Crippen LogP) is 4.66. The van der Waals surface area contributed by atoms with Crippen molar-refractivity contribution in [3.05, 3.63) is 0 Å². The average Bonchev–Trinajstić information content (AvgIpc) is 2.49. The first-order valence-electron chi connectivity index (χ1n) is 8.94. The Bertz CT molecular complexity index is 319. The van der Waals surface area contributed by atoms with Crippen LogP contribution in [0.1, 0.15) is 83.5 Å². The number of ether oxygens (including phenoxy) is 1. The summed E-state index contributed by atoms with van der Waals surface area (Å²) in [6, 6.07) is 0. The monoisotopic (exact) mass is 278 g/mol. The third kappa shape index (κ3) is 3.44. The number of hydrogen-bond donors (Lipinski definition) is 0. The third-order valence-corrected chi connectivity index (χ3v) is 5.93. The minimum atomic E-state index is 0.0867. The molecule has 1 atom stereocenters. The molecule has 1 aliphatic heterocycles. The summed E-state index contributed by atoms with van der Waals surface area (Å²) < 4.78 is 6.12. The van der Waals surface area contributed by atoms with E-state index in [0.717, 1.165) is 25.9 Å². The molecule has 2 nitrogen and oxygen atoms in total. The Balaban J connectivity index is 1.54. The second kappa shape index (κ2) is 6.60. The first-order valence-corrected chi connectivity index (χ1v) is 8.94. The largest absolute Gasteiger partial charge is 0.375 e. The van der Waals surface area contributed by atoms with Gasteiger partial charge in [-0.05, 0) is 31.6 Å². The minimum Gasteiger partial charge on any atom is -0.375 e. The third-order valence-electron chi connectivity index (χ3n) is 5.93. The molecule has 3 rings (SSSR count). The standard InChI is InChI=1S/C18H30O2/c19-17(13-15-7-3-1-4-8-15)16-9-12-20-18(14-16)10-5-2-6-11-18/h15-16H,1-14H2. The lowest BCUT2D eigenvalue weighted by Gasteiger charge is -2.43. The van der Waals surface area contributed by atoms with Gasteiger partial charge >= 0.3 is 0 Å². The van der Waals surface area contributed by atoms with Crippen LogP contribution in [0.3, 0.4) is 0 Å². The van der Waals surface area contributed by atoms with Gasteiger partial charge in [-0.15, -0.1) is 0 Å². The molecule has 3 aliphatic rings. The van der Waals surface area contributed by atoms with E-state index < -0.39 is 0 Å². The van der Waals surface area contributed by atoms with Crippen molar-refractivity contribution >= 4 is 5.78 Å². The normalized spacial score (nSPS) is 31.3. The van der Waals surface area contributed by atoms with Gasteiger partial charge in [-0.25, -0.2) is 0 Å². The zero-order chi connectivity index (χ0) is 13.8. The smallest absolute Gasteiger partial charge is 0.136 e. The van der Waals surface area contributed by atoms with E-state index in [-0.39, 0.29) is 5.60 Å². The highest BCUT2D eigenvalue weighted by Crippen LogP contribution is 2.41. The Morgan fingerprint density at radius 1 is 0.950 bits per heavy atom. The van der Waals surface area contributed by atoms with Crippen LogP contribution in [-0.4, -0.2) is 18.0 Å². The summed E-state index contributed by atoms with van der Waals surface area (Å²) in [6.07, 6.45) is 15.8. The van der Waals surface area contributed by atoms with Gasteiger partial charge in [0.1, 0.15) is 5.78 Å². The van der Waals surface area contributed by atoms with Crippen LogP contribution in [0.2, 0.25) is 0 Å². The molecule has 1 spiro atoms. The van der Waals surface area contributed by atoms with Gasteiger partial charge in [0.25, 0.3) is 0 Å². The number of hydrogen-bond acceptors (Lipinski definition) is 2. The molecule has 0 amide bonds. The van der Waals surface area contributed by atoms with Gasteiger partial charge in [-0.3, -0.25) is 4.79 Å². The van der Waals surface area contributed by atoms with Crippen LogP contribution >= 0.6 is 0 Å². The van der Waals surface area contributed by atoms with E-state index in [1.54, 1.807) is 0 Å². The predicted molar refractivity (Wildman–Crippen MR) is 80.7 cm³/mol. The van der Waals surface area contributed by atoms with Crippen LogP contribution in [0.4, 0.5) is 0 Å². The maximum absolute atomic E-state index is 12.6. The van der Waals surface area contributed by atoms with Crippen molar-refractivity contribution in [2.45, 2.75) is 89.1 Å². The van der Waals surface area contributed by atoms with Gasteiger partial charge in [0.2, 0.25) is 0 Å². The molecule has 0 radical (unpaired) electrons. The summed E-state index contributed by atoms with van der Waals surface area (Å²) in [7, 11) is 0. The minimum absolute atomic E-state index is 0.0867. The van der Waals surface area contributed by atoms with E-state index >= 15 is 0 Å². The van der Waals surface area contributed by atoms with E-state index in [0.29, 0.717) is 17.6 Å². The Kier molecular flexibility index (Phi) is 4.80. The fourth-order valence-electron chi connectivity index (χ4n) is 4.69. The van der Waals surface area contributed by atoms with Gasteiger partial charge in [0, 0.05) is 18.9 Å². The van der Waals surface area contributed by atoms with Crippen molar-refractivity contribution in [3.8, 4) is 0 Å². The summed E-state index contributed by atoms with van der Waals surface area (Å²) in [5.41, 5.74) is 0.0867. The molecular formula is C18H30O2. The summed E-state index contributed by atoms with van der Waals surface area (Å²) in [5.74, 6) is 1.57. The van der Waals surface area contributed by atoms with E-state index in [1.165, 1.54) is 64.2 Å². The lowest BCUT2D eigenvalue weighted by Crippen LogP contribution is -2.43. The fraction of sp³-hybridized carbons (Fsp3) is 0.944. The van der Waals surface area contributed by atoms with Crippen LogP contribution in [-0.2, 0) is 9.53 Å². The Labute approximate surface area is 123 Å². The molecule has 3 fully saturated rings. The highest BCUT2D eigenvalue weighted by molar-refractivity contribution is 5.81. The maximum Gasteiger partial charge on any atom is 0.136 e. The first kappa shape index (κ1) is 14.6. The van der Waals surface area contributed by atoms with Gasteiger partial charge in [-0.1, -0.05) is 51.4 Å². The number of carbonyl (C=O) groups is 1. The van der Waals surface area contributed by atoms with Crippen molar-refractivity contribution in [3.63, 3.8) is 0 Å². The first-order chi connectivity index (χ1) is 9.77. The zero-order valence-electron chi connectivity index (χ0n) is 12.9. The number of ketones is 1. The molecule has 1 unspecified atom stereocenters. The van der Waals surface area contributed by atoms with Crippen molar-refractivity contribution in [2.24, 2.45) is 11.8 Å². The number of rotatable bonds is 3. The molecule has 0 aromatic carbocycles. The SMILES string of the molecule is O=C(CC1CCCCC1)C1CCOC2(CCCCC2)C1. The Hall–Kier alpha value is -0.370. The highest BCUT2D eigenvalue weighted by atomic mass is 16.5. The Morgan fingerprint density at radius 2 is 1.65 bits per heavy atom. The van der Waals surface area contributed by atoms with Gasteiger partial charge < -0.3 is 4.74 Å². The summed E-state index contributed by atoms with van der Waals surface area (Å²) >= 11 is 0. The zero-order valence-corrected chi connectivity index (χ0v) is 12.9. The van der Waals surface area contributed by atoms with E-state index in [4.69, 9.17) is 4.74 Å². The molecule has 114 valence electrons. The van der Waals surface area contributed by atoms with Gasteiger partial charge in [-0.2, -0.15) is 0 Å². The van der Waals surface area contributed by atoms with Gasteiger partial charge in [0.05, 0.1) is 5.60 Å². The van der Waals surface area contributed by atoms with E-state index in [9.17, 15) is 4.79 Å². The molecule has 0 N–H and O–H groups in total. The molecule has 0 aromatic heterocycles. The van der Waals surface area contributed by atoms with Crippen molar-refractivity contribution in [1.29, 1.82) is 0 Å². The van der Waals surface area contributed by atoms with Crippen LogP contribution < -0.4 is 0 Å². The van der Waals surface area contributed by atoms with Gasteiger partial charge in [0.15, 0.2) is 0 Å². The van der Waals surface area contributed by atoms with Crippen LogP contribution in [0, 0.1) is 11.8 Å². The number of carbonyl (C=O) groups excluding carboxylic acids is 1. The molecule has 20 heavy (non-hydrogen) atoms. The van der Waals surface area contributed by atoms with E-state index in [2.05, 4.69) is 0 Å². The van der Waals surface area contributed by atoms with Crippen LogP contribution in [0.5, 0.6) is 0 Å². The van der Waals surface area contributed by atoms with Crippen molar-refractivity contribution in [2.75, 3.05) is 6.61 Å². The lowest BCUT2D eigenvalue weighted by molar-refractivity contribution is -0.143. The number of Topliss-reactive ketones (excluding diaryl/α,β-unsaturated/α-hetero) is 1. The Morgan fingerprint density at radius 3 is 2.40 bits per heavy atom. The van der Waals surface area contributed by atoms with Crippen LogP contribution in [0.25, 0.3) is 0 Å². The fourth-order valence-corrected chi connectivity index (χ4v) is 4.69. The molecule has 2 heteroatoms. The van der Waals surface area contributed by atoms with Crippen molar-refractivity contribution in [1.82, 2.24) is 0 Å². The lowest BCUT2D eigenvalue weighted by atomic mass is 9.73. The van der Waals surface area contributed by atoms with Crippen LogP contribution in [0.15, 0.2) is 0 Å². The second-order valence-electron chi connectivity index (χ2n) is 7.46.